The highest BCUT2D eigenvalue weighted by Gasteiger charge is 2.17. The lowest BCUT2D eigenvalue weighted by Crippen LogP contribution is -2.26. The molecule has 0 aliphatic rings. The lowest BCUT2D eigenvalue weighted by molar-refractivity contribution is 0.581. The Balaban J connectivity index is 2.06. The highest BCUT2D eigenvalue weighted by molar-refractivity contribution is 9.11. The number of thiophene rings is 1. The van der Waals surface area contributed by atoms with Crippen LogP contribution in [-0.2, 0) is 16.4 Å². The SMILES string of the molecule is N#Cc1ccccc1S(=O)(=O)NCCc1ccc(Br)s1. The first-order valence-electron chi connectivity index (χ1n) is 5.76. The molecule has 0 spiro atoms. The first kappa shape index (κ1) is 15.2. The van der Waals surface area contributed by atoms with Crippen LogP contribution in [0.25, 0.3) is 0 Å². The summed E-state index contributed by atoms with van der Waals surface area (Å²) in [6.07, 6.45) is 0.615. The van der Waals surface area contributed by atoms with Gasteiger partial charge in [-0.05, 0) is 46.6 Å². The van der Waals surface area contributed by atoms with Gasteiger partial charge in [-0.15, -0.1) is 11.3 Å². The van der Waals surface area contributed by atoms with Gasteiger partial charge in [0.25, 0.3) is 0 Å². The number of hydrogen-bond acceptors (Lipinski definition) is 4. The molecule has 0 unspecified atom stereocenters. The number of benzene rings is 1. The minimum Gasteiger partial charge on any atom is -0.211 e. The molecular weight excluding hydrogens is 360 g/mol. The molecule has 1 aromatic heterocycles. The normalized spacial score (nSPS) is 11.2. The second-order valence-corrected chi connectivity index (χ2v) is 8.24. The van der Waals surface area contributed by atoms with Crippen LogP contribution in [0.15, 0.2) is 45.1 Å². The molecule has 7 heteroatoms. The van der Waals surface area contributed by atoms with E-state index in [1.165, 1.54) is 12.1 Å². The summed E-state index contributed by atoms with van der Waals surface area (Å²) in [5.74, 6) is 0. The fourth-order valence-electron chi connectivity index (χ4n) is 1.67. The van der Waals surface area contributed by atoms with Crippen LogP contribution in [0.4, 0.5) is 0 Å². The molecule has 0 bridgehead atoms. The van der Waals surface area contributed by atoms with Crippen molar-refractivity contribution in [3.05, 3.63) is 50.6 Å². The van der Waals surface area contributed by atoms with Gasteiger partial charge in [-0.1, -0.05) is 12.1 Å². The zero-order chi connectivity index (χ0) is 14.6. The maximum atomic E-state index is 12.1. The van der Waals surface area contributed by atoms with Crippen molar-refractivity contribution in [1.82, 2.24) is 4.72 Å². The van der Waals surface area contributed by atoms with Crippen molar-refractivity contribution in [3.63, 3.8) is 0 Å². The molecule has 2 rings (SSSR count). The average molecular weight is 371 g/mol. The van der Waals surface area contributed by atoms with Gasteiger partial charge in [-0.2, -0.15) is 5.26 Å². The van der Waals surface area contributed by atoms with Crippen molar-refractivity contribution < 1.29 is 8.42 Å². The van der Waals surface area contributed by atoms with E-state index in [1.807, 2.05) is 18.2 Å². The minimum atomic E-state index is -3.65. The van der Waals surface area contributed by atoms with E-state index in [1.54, 1.807) is 23.5 Å². The van der Waals surface area contributed by atoms with Gasteiger partial charge < -0.3 is 0 Å². The van der Waals surface area contributed by atoms with E-state index in [-0.39, 0.29) is 10.5 Å². The fraction of sp³-hybridized carbons (Fsp3) is 0.154. The molecule has 20 heavy (non-hydrogen) atoms. The van der Waals surface area contributed by atoms with E-state index in [9.17, 15) is 8.42 Å². The second kappa shape index (κ2) is 6.50. The van der Waals surface area contributed by atoms with Gasteiger partial charge in [0.1, 0.15) is 6.07 Å². The van der Waals surface area contributed by atoms with E-state index in [0.29, 0.717) is 13.0 Å². The summed E-state index contributed by atoms with van der Waals surface area (Å²) in [6, 6.07) is 11.9. The zero-order valence-corrected chi connectivity index (χ0v) is 13.6. The Bertz CT molecular complexity index is 748. The van der Waals surface area contributed by atoms with Gasteiger partial charge in [-0.25, -0.2) is 13.1 Å². The van der Waals surface area contributed by atoms with Crippen LogP contribution in [0.5, 0.6) is 0 Å². The van der Waals surface area contributed by atoms with Crippen LogP contribution < -0.4 is 4.72 Å². The molecule has 0 fully saturated rings. The molecular formula is C13H11BrN2O2S2. The van der Waals surface area contributed by atoms with E-state index in [4.69, 9.17) is 5.26 Å². The summed E-state index contributed by atoms with van der Waals surface area (Å²) < 4.78 is 27.8. The van der Waals surface area contributed by atoms with Crippen LogP contribution >= 0.6 is 27.3 Å². The quantitative estimate of drug-likeness (QED) is 0.879. The smallest absolute Gasteiger partial charge is 0.211 e. The Morgan fingerprint density at radius 1 is 1.25 bits per heavy atom. The molecule has 0 aliphatic heterocycles. The number of nitrogens with zero attached hydrogens (tertiary/aromatic N) is 1. The van der Waals surface area contributed by atoms with Crippen LogP contribution in [0.1, 0.15) is 10.4 Å². The Morgan fingerprint density at radius 2 is 2.00 bits per heavy atom. The summed E-state index contributed by atoms with van der Waals surface area (Å²) in [7, 11) is -3.65. The summed E-state index contributed by atoms with van der Waals surface area (Å²) in [5.41, 5.74) is 0.152. The molecule has 0 atom stereocenters. The van der Waals surface area contributed by atoms with Crippen molar-refractivity contribution in [2.75, 3.05) is 6.54 Å². The van der Waals surface area contributed by atoms with Gasteiger partial charge >= 0.3 is 0 Å². The Hall–Kier alpha value is -1.20. The molecule has 104 valence electrons. The molecule has 0 saturated heterocycles. The topological polar surface area (TPSA) is 70.0 Å². The second-order valence-electron chi connectivity index (χ2n) is 3.96. The molecule has 2 aromatic rings. The van der Waals surface area contributed by atoms with Crippen molar-refractivity contribution in [2.45, 2.75) is 11.3 Å². The molecule has 0 amide bonds. The maximum absolute atomic E-state index is 12.1. The van der Waals surface area contributed by atoms with Crippen LogP contribution in [0.3, 0.4) is 0 Å². The highest BCUT2D eigenvalue weighted by atomic mass is 79.9. The maximum Gasteiger partial charge on any atom is 0.241 e. The molecule has 1 N–H and O–H groups in total. The van der Waals surface area contributed by atoms with E-state index in [2.05, 4.69) is 20.7 Å². The zero-order valence-electron chi connectivity index (χ0n) is 10.3. The third kappa shape index (κ3) is 3.67. The van der Waals surface area contributed by atoms with Crippen LogP contribution in [-0.4, -0.2) is 15.0 Å². The Kier molecular flexibility index (Phi) is 4.94. The summed E-state index contributed by atoms with van der Waals surface area (Å²) in [4.78, 5) is 1.11. The monoisotopic (exact) mass is 370 g/mol. The lowest BCUT2D eigenvalue weighted by atomic mass is 10.2. The summed E-state index contributed by atoms with van der Waals surface area (Å²) >= 11 is 4.93. The summed E-state index contributed by atoms with van der Waals surface area (Å²) in [6.45, 7) is 0.301. The number of rotatable bonds is 5. The van der Waals surface area contributed by atoms with Gasteiger partial charge in [-0.3, -0.25) is 0 Å². The van der Waals surface area contributed by atoms with Gasteiger partial charge in [0.05, 0.1) is 14.2 Å². The third-order valence-electron chi connectivity index (χ3n) is 2.59. The molecule has 1 aromatic carbocycles. The van der Waals surface area contributed by atoms with Crippen molar-refractivity contribution in [3.8, 4) is 6.07 Å². The number of hydrogen-bond donors (Lipinski definition) is 1. The van der Waals surface area contributed by atoms with Crippen LogP contribution in [0.2, 0.25) is 0 Å². The first-order valence-corrected chi connectivity index (χ1v) is 8.85. The first-order chi connectivity index (χ1) is 9.53. The Labute approximate surface area is 130 Å². The van der Waals surface area contributed by atoms with Crippen molar-refractivity contribution in [2.24, 2.45) is 0 Å². The minimum absolute atomic E-state index is 0.0230. The number of nitriles is 1. The standard InChI is InChI=1S/C13H11BrN2O2S2/c14-13-6-5-11(19-13)7-8-16-20(17,18)12-4-2-1-3-10(12)9-15/h1-6,16H,7-8H2. The van der Waals surface area contributed by atoms with E-state index in [0.717, 1.165) is 8.66 Å². The fourth-order valence-corrected chi connectivity index (χ4v) is 4.34. The third-order valence-corrected chi connectivity index (χ3v) is 5.79. The van der Waals surface area contributed by atoms with Gasteiger partial charge in [0, 0.05) is 11.4 Å². The molecule has 1 heterocycles. The van der Waals surface area contributed by atoms with Gasteiger partial charge in [0.15, 0.2) is 0 Å². The number of sulfonamides is 1. The Morgan fingerprint density at radius 3 is 2.65 bits per heavy atom. The molecule has 0 aliphatic carbocycles. The van der Waals surface area contributed by atoms with Crippen molar-refractivity contribution >= 4 is 37.3 Å². The number of halogens is 1. The van der Waals surface area contributed by atoms with E-state index < -0.39 is 10.0 Å². The molecule has 0 saturated carbocycles. The average Bonchev–Trinajstić information content (AvgIpc) is 2.84. The van der Waals surface area contributed by atoms with Crippen molar-refractivity contribution in [1.29, 1.82) is 5.26 Å². The summed E-state index contributed by atoms with van der Waals surface area (Å²) in [5, 5.41) is 8.94. The van der Waals surface area contributed by atoms with E-state index >= 15 is 0 Å². The lowest BCUT2D eigenvalue weighted by Gasteiger charge is -2.07. The van der Waals surface area contributed by atoms with Crippen LogP contribution in [0, 0.1) is 11.3 Å². The largest absolute Gasteiger partial charge is 0.241 e. The predicted molar refractivity (Wildman–Crippen MR) is 82.1 cm³/mol. The molecule has 4 nitrogen and oxygen atoms in total. The predicted octanol–water partition coefficient (Wildman–Crippen LogP) is 2.90. The van der Waals surface area contributed by atoms with Gasteiger partial charge in [0.2, 0.25) is 10.0 Å². The molecule has 0 radical (unpaired) electrons. The highest BCUT2D eigenvalue weighted by Crippen LogP contribution is 2.22. The number of nitrogens with one attached hydrogen (secondary N) is 1.